The Morgan fingerprint density at radius 2 is 2.21 bits per heavy atom. The summed E-state index contributed by atoms with van der Waals surface area (Å²) in [6.07, 6.45) is 2.12. The number of aromatic amines is 1. The van der Waals surface area contributed by atoms with Gasteiger partial charge in [-0.05, 0) is 36.6 Å². The Bertz CT molecular complexity index is 507. The molecule has 3 heteroatoms. The average Bonchev–Trinajstić information content (AvgIpc) is 2.45. The van der Waals surface area contributed by atoms with Gasteiger partial charge in [0.15, 0.2) is 5.58 Å². The van der Waals surface area contributed by atoms with Gasteiger partial charge in [-0.25, -0.2) is 4.79 Å². The van der Waals surface area contributed by atoms with Crippen molar-refractivity contribution in [3.05, 3.63) is 33.8 Å². The molecule has 0 saturated heterocycles. The molecule has 14 heavy (non-hydrogen) atoms. The van der Waals surface area contributed by atoms with Crippen molar-refractivity contribution in [1.82, 2.24) is 4.98 Å². The first-order valence-electron chi connectivity index (χ1n) is 4.83. The number of H-pyrrole nitrogens is 1. The smallest absolute Gasteiger partial charge is 0.408 e. The van der Waals surface area contributed by atoms with Gasteiger partial charge in [0.05, 0.1) is 5.52 Å². The summed E-state index contributed by atoms with van der Waals surface area (Å²) in [5, 5.41) is 0. The molecule has 0 atom stereocenters. The number of hydrogen-bond acceptors (Lipinski definition) is 2. The largest absolute Gasteiger partial charge is 0.417 e. The molecular weight excluding hydrogens is 178 g/mol. The molecule has 2 rings (SSSR count). The minimum Gasteiger partial charge on any atom is -0.408 e. The van der Waals surface area contributed by atoms with Gasteiger partial charge in [0.25, 0.3) is 0 Å². The number of oxazole rings is 1. The number of hydrogen-bond donors (Lipinski definition) is 1. The van der Waals surface area contributed by atoms with Crippen LogP contribution in [-0.2, 0) is 6.42 Å². The van der Waals surface area contributed by atoms with Crippen LogP contribution in [0, 0.1) is 6.92 Å². The summed E-state index contributed by atoms with van der Waals surface area (Å²) in [4.78, 5) is 13.6. The number of benzene rings is 1. The monoisotopic (exact) mass is 191 g/mol. The fourth-order valence-corrected chi connectivity index (χ4v) is 1.69. The standard InChI is InChI=1S/C11H13NO2/c1-3-4-8-6-10-9(5-7(8)2)12-11(13)14-10/h5-6H,3-4H2,1-2H3,(H,12,13). The minimum absolute atomic E-state index is 0.381. The molecule has 1 heterocycles. The zero-order valence-corrected chi connectivity index (χ0v) is 8.39. The van der Waals surface area contributed by atoms with Crippen molar-refractivity contribution in [1.29, 1.82) is 0 Å². The molecule has 0 saturated carbocycles. The molecule has 1 N–H and O–H groups in total. The first-order valence-corrected chi connectivity index (χ1v) is 4.83. The van der Waals surface area contributed by atoms with Gasteiger partial charge < -0.3 is 4.42 Å². The van der Waals surface area contributed by atoms with E-state index < -0.39 is 0 Å². The summed E-state index contributed by atoms with van der Waals surface area (Å²) in [7, 11) is 0. The number of rotatable bonds is 2. The quantitative estimate of drug-likeness (QED) is 0.792. The molecule has 0 fully saturated rings. The second-order valence-electron chi connectivity index (χ2n) is 3.54. The van der Waals surface area contributed by atoms with Crippen LogP contribution in [0.2, 0.25) is 0 Å². The maximum absolute atomic E-state index is 10.9. The highest BCUT2D eigenvalue weighted by molar-refractivity contribution is 5.74. The van der Waals surface area contributed by atoms with E-state index in [0.29, 0.717) is 5.58 Å². The van der Waals surface area contributed by atoms with E-state index in [4.69, 9.17) is 4.42 Å². The van der Waals surface area contributed by atoms with E-state index in [0.717, 1.165) is 18.4 Å². The first kappa shape index (κ1) is 9.06. The summed E-state index contributed by atoms with van der Waals surface area (Å²) in [6, 6.07) is 3.91. The topological polar surface area (TPSA) is 46.0 Å². The van der Waals surface area contributed by atoms with E-state index in [1.54, 1.807) is 0 Å². The summed E-state index contributed by atoms with van der Waals surface area (Å²) in [5.74, 6) is -0.381. The van der Waals surface area contributed by atoms with Crippen LogP contribution in [0.5, 0.6) is 0 Å². The van der Waals surface area contributed by atoms with Gasteiger partial charge in [-0.1, -0.05) is 13.3 Å². The van der Waals surface area contributed by atoms with E-state index in [1.807, 2.05) is 12.1 Å². The van der Waals surface area contributed by atoms with Gasteiger partial charge in [0, 0.05) is 0 Å². The van der Waals surface area contributed by atoms with Gasteiger partial charge in [0.1, 0.15) is 0 Å². The van der Waals surface area contributed by atoms with Crippen LogP contribution < -0.4 is 5.76 Å². The Morgan fingerprint density at radius 1 is 1.43 bits per heavy atom. The third-order valence-electron chi connectivity index (χ3n) is 2.40. The highest BCUT2D eigenvalue weighted by atomic mass is 16.4. The third-order valence-corrected chi connectivity index (χ3v) is 2.40. The number of aromatic nitrogens is 1. The summed E-state index contributed by atoms with van der Waals surface area (Å²) >= 11 is 0. The highest BCUT2D eigenvalue weighted by Gasteiger charge is 2.04. The second-order valence-corrected chi connectivity index (χ2v) is 3.54. The molecule has 0 unspecified atom stereocenters. The van der Waals surface area contributed by atoms with Crippen LogP contribution in [0.3, 0.4) is 0 Å². The van der Waals surface area contributed by atoms with Crippen LogP contribution in [0.4, 0.5) is 0 Å². The van der Waals surface area contributed by atoms with Crippen LogP contribution in [0.15, 0.2) is 21.3 Å². The predicted octanol–water partition coefficient (Wildman–Crippen LogP) is 2.38. The lowest BCUT2D eigenvalue weighted by atomic mass is 10.0. The summed E-state index contributed by atoms with van der Waals surface area (Å²) in [5.41, 5.74) is 3.90. The van der Waals surface area contributed by atoms with Gasteiger partial charge in [-0.15, -0.1) is 0 Å². The predicted molar refractivity (Wildman–Crippen MR) is 55.6 cm³/mol. The van der Waals surface area contributed by atoms with Crippen molar-refractivity contribution in [3.63, 3.8) is 0 Å². The molecule has 0 radical (unpaired) electrons. The van der Waals surface area contributed by atoms with E-state index in [9.17, 15) is 4.79 Å². The molecule has 0 aliphatic carbocycles. The normalized spacial score (nSPS) is 11.0. The Hall–Kier alpha value is -1.51. The van der Waals surface area contributed by atoms with Gasteiger partial charge in [0.2, 0.25) is 0 Å². The van der Waals surface area contributed by atoms with Crippen molar-refractivity contribution in [2.45, 2.75) is 26.7 Å². The first-order chi connectivity index (χ1) is 6.70. The Morgan fingerprint density at radius 3 is 2.93 bits per heavy atom. The zero-order chi connectivity index (χ0) is 10.1. The van der Waals surface area contributed by atoms with Crippen LogP contribution in [0.25, 0.3) is 11.1 Å². The Balaban J connectivity index is 2.63. The van der Waals surface area contributed by atoms with E-state index in [-0.39, 0.29) is 5.76 Å². The fourth-order valence-electron chi connectivity index (χ4n) is 1.69. The van der Waals surface area contributed by atoms with Crippen molar-refractivity contribution >= 4 is 11.1 Å². The Kier molecular flexibility index (Phi) is 2.15. The summed E-state index contributed by atoms with van der Waals surface area (Å²) in [6.45, 7) is 4.19. The Labute approximate surface area is 81.7 Å². The van der Waals surface area contributed by atoms with E-state index >= 15 is 0 Å². The molecule has 0 bridgehead atoms. The van der Waals surface area contributed by atoms with Gasteiger partial charge >= 0.3 is 5.76 Å². The molecule has 0 aliphatic heterocycles. The molecule has 1 aromatic carbocycles. The number of fused-ring (bicyclic) bond motifs is 1. The van der Waals surface area contributed by atoms with Crippen molar-refractivity contribution in [2.75, 3.05) is 0 Å². The number of aryl methyl sites for hydroxylation is 2. The van der Waals surface area contributed by atoms with Crippen LogP contribution >= 0.6 is 0 Å². The van der Waals surface area contributed by atoms with Crippen molar-refractivity contribution in [2.24, 2.45) is 0 Å². The van der Waals surface area contributed by atoms with E-state index in [1.165, 1.54) is 11.1 Å². The molecule has 3 nitrogen and oxygen atoms in total. The fraction of sp³-hybridized carbons (Fsp3) is 0.364. The molecule has 0 spiro atoms. The SMILES string of the molecule is CCCc1cc2oc(=O)[nH]c2cc1C. The van der Waals surface area contributed by atoms with E-state index in [2.05, 4.69) is 18.8 Å². The molecule has 0 amide bonds. The second kappa shape index (κ2) is 3.33. The lowest BCUT2D eigenvalue weighted by Crippen LogP contribution is -1.93. The maximum Gasteiger partial charge on any atom is 0.417 e. The van der Waals surface area contributed by atoms with Gasteiger partial charge in [-0.3, -0.25) is 4.98 Å². The molecule has 74 valence electrons. The van der Waals surface area contributed by atoms with Crippen molar-refractivity contribution < 1.29 is 4.42 Å². The summed E-state index contributed by atoms with van der Waals surface area (Å²) < 4.78 is 5.00. The van der Waals surface area contributed by atoms with Crippen molar-refractivity contribution in [3.8, 4) is 0 Å². The molecular formula is C11H13NO2. The third kappa shape index (κ3) is 1.45. The molecule has 2 aromatic rings. The highest BCUT2D eigenvalue weighted by Crippen LogP contribution is 2.18. The lowest BCUT2D eigenvalue weighted by molar-refractivity contribution is 0.555. The molecule has 0 aliphatic rings. The zero-order valence-electron chi connectivity index (χ0n) is 8.39. The van der Waals surface area contributed by atoms with Gasteiger partial charge in [-0.2, -0.15) is 0 Å². The average molecular weight is 191 g/mol. The number of nitrogens with one attached hydrogen (secondary N) is 1. The van der Waals surface area contributed by atoms with Crippen LogP contribution in [-0.4, -0.2) is 4.98 Å². The minimum atomic E-state index is -0.381. The van der Waals surface area contributed by atoms with Crippen LogP contribution in [0.1, 0.15) is 24.5 Å². The molecule has 1 aromatic heterocycles. The maximum atomic E-state index is 10.9. The lowest BCUT2D eigenvalue weighted by Gasteiger charge is -2.02.